The second kappa shape index (κ2) is 7.71. The summed E-state index contributed by atoms with van der Waals surface area (Å²) in [6.45, 7) is 5.91. The number of para-hydroxylation sites is 2. The fourth-order valence-electron chi connectivity index (χ4n) is 3.89. The second-order valence-electron chi connectivity index (χ2n) is 7.49. The van der Waals surface area contributed by atoms with Gasteiger partial charge in [-0.05, 0) is 44.7 Å². The van der Waals surface area contributed by atoms with Gasteiger partial charge in [-0.1, -0.05) is 23.8 Å². The minimum Gasteiger partial charge on any atom is -0.385 e. The van der Waals surface area contributed by atoms with Crippen molar-refractivity contribution in [3.63, 3.8) is 0 Å². The van der Waals surface area contributed by atoms with Crippen LogP contribution in [0.5, 0.6) is 0 Å². The van der Waals surface area contributed by atoms with Gasteiger partial charge in [0.2, 0.25) is 0 Å². The van der Waals surface area contributed by atoms with Crippen LogP contribution in [0.4, 0.5) is 17.1 Å². The van der Waals surface area contributed by atoms with Crippen LogP contribution in [-0.2, 0) is 4.74 Å². The summed E-state index contributed by atoms with van der Waals surface area (Å²) in [5.41, 5.74) is 5.61. The Labute approximate surface area is 161 Å². The summed E-state index contributed by atoms with van der Waals surface area (Å²) in [5, 5.41) is 3.58. The maximum atomic E-state index is 5.33. The van der Waals surface area contributed by atoms with Crippen molar-refractivity contribution < 1.29 is 4.74 Å². The molecule has 1 N–H and O–H groups in total. The van der Waals surface area contributed by atoms with Crippen molar-refractivity contribution in [2.75, 3.05) is 45.7 Å². The number of aryl methyl sites for hydroxylation is 1. The number of methoxy groups -OCH3 is 1. The molecule has 0 spiro atoms. The molecule has 0 radical (unpaired) electrons. The summed E-state index contributed by atoms with van der Waals surface area (Å²) in [6, 6.07) is 15.3. The van der Waals surface area contributed by atoms with Gasteiger partial charge >= 0.3 is 0 Å². The number of anilines is 2. The van der Waals surface area contributed by atoms with Crippen molar-refractivity contribution in [2.45, 2.75) is 19.4 Å². The lowest BCUT2D eigenvalue weighted by Crippen LogP contribution is -2.53. The number of likely N-dealkylation sites (N-methyl/N-ethyl adjacent to an activating group) is 1. The molecule has 1 atom stereocenters. The lowest BCUT2D eigenvalue weighted by Gasteiger charge is -2.41. The average Bonchev–Trinajstić information content (AvgIpc) is 2.84. The van der Waals surface area contributed by atoms with Crippen LogP contribution in [0.1, 0.15) is 17.5 Å². The highest BCUT2D eigenvalue weighted by Gasteiger charge is 2.29. The van der Waals surface area contributed by atoms with Crippen LogP contribution in [0.3, 0.4) is 0 Å². The molecule has 2 aliphatic rings. The van der Waals surface area contributed by atoms with Gasteiger partial charge in [-0.2, -0.15) is 0 Å². The van der Waals surface area contributed by atoms with Gasteiger partial charge < -0.3 is 15.0 Å². The molecule has 1 saturated heterocycles. The molecule has 2 aromatic rings. The fraction of sp³-hybridized carbons (Fsp3) is 0.409. The van der Waals surface area contributed by atoms with Crippen LogP contribution in [0.25, 0.3) is 0 Å². The number of benzene rings is 2. The first-order valence-electron chi connectivity index (χ1n) is 9.65. The van der Waals surface area contributed by atoms with Crippen LogP contribution in [-0.4, -0.2) is 62.1 Å². The van der Waals surface area contributed by atoms with E-state index in [-0.39, 0.29) is 0 Å². The molecule has 142 valence electrons. The van der Waals surface area contributed by atoms with Gasteiger partial charge in [0.1, 0.15) is 5.84 Å². The van der Waals surface area contributed by atoms with E-state index in [4.69, 9.17) is 9.73 Å². The molecule has 2 aromatic carbocycles. The predicted molar refractivity (Wildman–Crippen MR) is 112 cm³/mol. The van der Waals surface area contributed by atoms with E-state index < -0.39 is 0 Å². The molecular weight excluding hydrogens is 336 g/mol. The van der Waals surface area contributed by atoms with Crippen molar-refractivity contribution in [3.8, 4) is 0 Å². The van der Waals surface area contributed by atoms with E-state index in [0.29, 0.717) is 6.04 Å². The van der Waals surface area contributed by atoms with E-state index >= 15 is 0 Å². The van der Waals surface area contributed by atoms with Crippen LogP contribution >= 0.6 is 0 Å². The van der Waals surface area contributed by atoms with Gasteiger partial charge in [0.15, 0.2) is 0 Å². The molecule has 5 nitrogen and oxygen atoms in total. The Morgan fingerprint density at radius 2 is 2.00 bits per heavy atom. The summed E-state index contributed by atoms with van der Waals surface area (Å²) in [7, 11) is 3.99. The standard InChI is InChI=1S/C22H28N4O/c1-16-8-9-19-18(14-16)22(24-21-7-5-4-6-20(21)23-19)26-12-11-25(2)17(15-26)10-13-27-3/h4-9,14,17,23H,10-13,15H2,1-3H3/t17-/m0/s1. The highest BCUT2D eigenvalue weighted by atomic mass is 16.5. The van der Waals surface area contributed by atoms with E-state index in [9.17, 15) is 0 Å². The number of aliphatic imine (C=N–C) groups is 1. The zero-order valence-corrected chi connectivity index (χ0v) is 16.4. The zero-order valence-electron chi connectivity index (χ0n) is 16.4. The second-order valence-corrected chi connectivity index (χ2v) is 7.49. The monoisotopic (exact) mass is 364 g/mol. The molecule has 0 bridgehead atoms. The number of hydrogen-bond donors (Lipinski definition) is 1. The molecule has 5 heteroatoms. The maximum absolute atomic E-state index is 5.33. The third kappa shape index (κ3) is 3.70. The first-order valence-corrected chi connectivity index (χ1v) is 9.65. The van der Waals surface area contributed by atoms with Gasteiger partial charge in [0, 0.05) is 50.6 Å². The van der Waals surface area contributed by atoms with Crippen molar-refractivity contribution in [1.82, 2.24) is 9.80 Å². The van der Waals surface area contributed by atoms with Gasteiger partial charge in [0.05, 0.1) is 11.4 Å². The maximum Gasteiger partial charge on any atom is 0.138 e. The highest BCUT2D eigenvalue weighted by Crippen LogP contribution is 2.35. The van der Waals surface area contributed by atoms with E-state index in [0.717, 1.165) is 55.6 Å². The molecule has 4 rings (SSSR count). The Kier molecular flexibility index (Phi) is 5.14. The number of nitrogens with zero attached hydrogens (tertiary/aromatic N) is 3. The lowest BCUT2D eigenvalue weighted by molar-refractivity contribution is 0.100. The summed E-state index contributed by atoms with van der Waals surface area (Å²) < 4.78 is 5.33. The van der Waals surface area contributed by atoms with Crippen molar-refractivity contribution in [2.24, 2.45) is 4.99 Å². The molecular formula is C22H28N4O. The van der Waals surface area contributed by atoms with Crippen LogP contribution in [0.15, 0.2) is 47.5 Å². The zero-order chi connectivity index (χ0) is 18.8. The Hall–Kier alpha value is -2.37. The average molecular weight is 364 g/mol. The third-order valence-electron chi connectivity index (χ3n) is 5.55. The fourth-order valence-corrected chi connectivity index (χ4v) is 3.89. The topological polar surface area (TPSA) is 40.1 Å². The van der Waals surface area contributed by atoms with Crippen molar-refractivity contribution in [1.29, 1.82) is 0 Å². The Morgan fingerprint density at radius 1 is 1.15 bits per heavy atom. The molecule has 2 aliphatic heterocycles. The molecule has 0 saturated carbocycles. The van der Waals surface area contributed by atoms with E-state index in [1.807, 2.05) is 6.07 Å². The van der Waals surface area contributed by atoms with Crippen LogP contribution < -0.4 is 5.32 Å². The SMILES string of the molecule is COCC[C@H]1CN(C2=Nc3ccccc3Nc3ccc(C)cc32)CCN1C. The molecule has 1 fully saturated rings. The summed E-state index contributed by atoms with van der Waals surface area (Å²) >= 11 is 0. The van der Waals surface area contributed by atoms with Crippen molar-refractivity contribution >= 4 is 22.9 Å². The molecule has 27 heavy (non-hydrogen) atoms. The molecule has 0 aromatic heterocycles. The Morgan fingerprint density at radius 3 is 2.85 bits per heavy atom. The first kappa shape index (κ1) is 18.0. The van der Waals surface area contributed by atoms with Crippen LogP contribution in [0, 0.1) is 6.92 Å². The van der Waals surface area contributed by atoms with Gasteiger partial charge in [-0.3, -0.25) is 4.90 Å². The molecule has 0 unspecified atom stereocenters. The van der Waals surface area contributed by atoms with Gasteiger partial charge in [-0.25, -0.2) is 4.99 Å². The number of piperazine rings is 1. The minimum absolute atomic E-state index is 0.473. The number of fused-ring (bicyclic) bond motifs is 2. The minimum atomic E-state index is 0.473. The smallest absolute Gasteiger partial charge is 0.138 e. The Balaban J connectivity index is 1.73. The third-order valence-corrected chi connectivity index (χ3v) is 5.55. The van der Waals surface area contributed by atoms with Gasteiger partial charge in [-0.15, -0.1) is 0 Å². The van der Waals surface area contributed by atoms with Crippen molar-refractivity contribution in [3.05, 3.63) is 53.6 Å². The normalized spacial score (nSPS) is 19.6. The lowest BCUT2D eigenvalue weighted by atomic mass is 10.0. The molecule has 2 heterocycles. The van der Waals surface area contributed by atoms with Crippen LogP contribution in [0.2, 0.25) is 0 Å². The Bertz CT molecular complexity index is 848. The predicted octanol–water partition coefficient (Wildman–Crippen LogP) is 3.78. The number of nitrogens with one attached hydrogen (secondary N) is 1. The quantitative estimate of drug-likeness (QED) is 0.900. The largest absolute Gasteiger partial charge is 0.385 e. The van der Waals surface area contributed by atoms with E-state index in [1.54, 1.807) is 7.11 Å². The molecule has 0 aliphatic carbocycles. The number of amidine groups is 1. The molecule has 0 amide bonds. The number of hydrogen-bond acceptors (Lipinski definition) is 5. The number of rotatable bonds is 3. The van der Waals surface area contributed by atoms with Gasteiger partial charge in [0.25, 0.3) is 0 Å². The highest BCUT2D eigenvalue weighted by molar-refractivity contribution is 6.07. The summed E-state index contributed by atoms with van der Waals surface area (Å²) in [6.07, 6.45) is 1.03. The van der Waals surface area contributed by atoms with E-state index in [1.165, 1.54) is 11.1 Å². The summed E-state index contributed by atoms with van der Waals surface area (Å²) in [5.74, 6) is 1.07. The first-order chi connectivity index (χ1) is 13.2. The number of ether oxygens (including phenoxy) is 1. The van der Waals surface area contributed by atoms with E-state index in [2.05, 4.69) is 65.5 Å². The summed E-state index contributed by atoms with van der Waals surface area (Å²) in [4.78, 5) is 10.0.